The number of aromatic amines is 1. The molecule has 0 saturated heterocycles. The highest BCUT2D eigenvalue weighted by atomic mass is 19.1. The third kappa shape index (κ3) is 3.43. The Balaban J connectivity index is 1.48. The third-order valence-corrected chi connectivity index (χ3v) is 5.46. The number of H-pyrrole nitrogens is 1. The number of pyridine rings is 1. The standard InChI is InChI=1S/C23H16F2N6O3/c1-30-20-13(22(33)31(2)23(30)34)5-8-17(29-20)21(32)26-12-4-7-16-18(10-12)28-19(27-16)14-9-11(24)3-6-15(14)25/h3-10H,1-2H3,(H,26,32)(H,27,28). The van der Waals surface area contributed by atoms with E-state index in [1.54, 1.807) is 18.2 Å². The number of amides is 1. The zero-order valence-corrected chi connectivity index (χ0v) is 17.9. The van der Waals surface area contributed by atoms with Gasteiger partial charge in [0.05, 0.1) is 22.0 Å². The first-order valence-corrected chi connectivity index (χ1v) is 10.1. The van der Waals surface area contributed by atoms with Crippen molar-refractivity contribution in [1.29, 1.82) is 0 Å². The number of hydrogen-bond acceptors (Lipinski definition) is 5. The summed E-state index contributed by atoms with van der Waals surface area (Å²) in [7, 11) is 2.83. The summed E-state index contributed by atoms with van der Waals surface area (Å²) in [6, 6.07) is 10.7. The molecule has 5 aromatic rings. The summed E-state index contributed by atoms with van der Waals surface area (Å²) in [6.07, 6.45) is 0. The number of aryl methyl sites for hydroxylation is 1. The number of hydrogen-bond donors (Lipinski definition) is 2. The van der Waals surface area contributed by atoms with Gasteiger partial charge < -0.3 is 10.3 Å². The van der Waals surface area contributed by atoms with Gasteiger partial charge in [0.15, 0.2) is 0 Å². The van der Waals surface area contributed by atoms with Crippen molar-refractivity contribution in [1.82, 2.24) is 24.1 Å². The maximum absolute atomic E-state index is 14.1. The van der Waals surface area contributed by atoms with Crippen LogP contribution in [0, 0.1) is 11.6 Å². The summed E-state index contributed by atoms with van der Waals surface area (Å²) in [4.78, 5) is 48.7. The Hall–Kier alpha value is -4.67. The molecule has 0 aliphatic carbocycles. The fourth-order valence-electron chi connectivity index (χ4n) is 3.67. The molecule has 0 aliphatic heterocycles. The summed E-state index contributed by atoms with van der Waals surface area (Å²) in [6.45, 7) is 0. The van der Waals surface area contributed by atoms with Crippen LogP contribution in [0.2, 0.25) is 0 Å². The highest BCUT2D eigenvalue weighted by molar-refractivity contribution is 6.04. The molecule has 3 aromatic heterocycles. The predicted octanol–water partition coefficient (Wildman–Crippen LogP) is 2.71. The lowest BCUT2D eigenvalue weighted by molar-refractivity contribution is 0.102. The monoisotopic (exact) mass is 462 g/mol. The van der Waals surface area contributed by atoms with Crippen molar-refractivity contribution in [3.8, 4) is 11.4 Å². The van der Waals surface area contributed by atoms with Gasteiger partial charge in [-0.1, -0.05) is 0 Å². The lowest BCUT2D eigenvalue weighted by Gasteiger charge is -2.09. The van der Waals surface area contributed by atoms with E-state index in [1.807, 2.05) is 0 Å². The molecule has 3 heterocycles. The lowest BCUT2D eigenvalue weighted by atomic mass is 10.2. The highest BCUT2D eigenvalue weighted by Gasteiger charge is 2.15. The minimum absolute atomic E-state index is 0.00276. The second-order valence-corrected chi connectivity index (χ2v) is 7.67. The number of rotatable bonds is 3. The maximum atomic E-state index is 14.1. The number of halogens is 2. The van der Waals surface area contributed by atoms with Crippen LogP contribution in [0.1, 0.15) is 10.5 Å². The first-order chi connectivity index (χ1) is 16.2. The zero-order valence-electron chi connectivity index (χ0n) is 17.9. The van der Waals surface area contributed by atoms with E-state index in [0.717, 1.165) is 22.8 Å². The number of carbonyl (C=O) groups is 1. The number of anilines is 1. The average molecular weight is 462 g/mol. The van der Waals surface area contributed by atoms with E-state index in [2.05, 4.69) is 20.3 Å². The van der Waals surface area contributed by atoms with Gasteiger partial charge >= 0.3 is 5.69 Å². The van der Waals surface area contributed by atoms with Gasteiger partial charge in [-0.2, -0.15) is 0 Å². The molecule has 170 valence electrons. The summed E-state index contributed by atoms with van der Waals surface area (Å²) in [5, 5.41) is 2.90. The van der Waals surface area contributed by atoms with Crippen LogP contribution in [-0.4, -0.2) is 30.0 Å². The van der Waals surface area contributed by atoms with Crippen LogP contribution in [0.15, 0.2) is 58.1 Å². The molecule has 0 spiro atoms. The van der Waals surface area contributed by atoms with Gasteiger partial charge in [0.2, 0.25) is 0 Å². The van der Waals surface area contributed by atoms with Crippen molar-refractivity contribution in [2.24, 2.45) is 14.1 Å². The van der Waals surface area contributed by atoms with Crippen molar-refractivity contribution < 1.29 is 13.6 Å². The number of fused-ring (bicyclic) bond motifs is 2. The lowest BCUT2D eigenvalue weighted by Crippen LogP contribution is -2.37. The van der Waals surface area contributed by atoms with E-state index in [0.29, 0.717) is 16.7 Å². The Labute approximate surface area is 189 Å². The van der Waals surface area contributed by atoms with Crippen LogP contribution in [0.25, 0.3) is 33.5 Å². The van der Waals surface area contributed by atoms with Crippen LogP contribution >= 0.6 is 0 Å². The van der Waals surface area contributed by atoms with Gasteiger partial charge in [-0.15, -0.1) is 0 Å². The fourth-order valence-corrected chi connectivity index (χ4v) is 3.67. The Morgan fingerprint density at radius 2 is 1.76 bits per heavy atom. The zero-order chi connectivity index (χ0) is 24.1. The van der Waals surface area contributed by atoms with Crippen molar-refractivity contribution in [3.63, 3.8) is 0 Å². The normalized spacial score (nSPS) is 11.3. The molecule has 2 N–H and O–H groups in total. The minimum atomic E-state index is -0.624. The van der Waals surface area contributed by atoms with Gasteiger partial charge in [0.25, 0.3) is 11.5 Å². The van der Waals surface area contributed by atoms with Gasteiger partial charge in [-0.25, -0.2) is 23.5 Å². The molecule has 9 nitrogen and oxygen atoms in total. The fraction of sp³-hybridized carbons (Fsp3) is 0.0870. The number of nitrogens with zero attached hydrogens (tertiary/aromatic N) is 4. The summed E-state index contributed by atoms with van der Waals surface area (Å²) in [5.41, 5.74) is 0.395. The molecule has 34 heavy (non-hydrogen) atoms. The first-order valence-electron chi connectivity index (χ1n) is 10.1. The Kier molecular flexibility index (Phi) is 4.82. The average Bonchev–Trinajstić information content (AvgIpc) is 3.25. The third-order valence-electron chi connectivity index (χ3n) is 5.46. The summed E-state index contributed by atoms with van der Waals surface area (Å²) >= 11 is 0. The molecule has 0 saturated carbocycles. The number of carbonyl (C=O) groups excluding carboxylic acids is 1. The SMILES string of the molecule is Cn1c(=O)c2ccc(C(=O)Nc3ccc4nc(-c5cc(F)ccc5F)[nH]c4c3)nc2n(C)c1=O. The largest absolute Gasteiger partial charge is 0.338 e. The van der Waals surface area contributed by atoms with Gasteiger partial charge in [0, 0.05) is 19.8 Å². The molecule has 5 rings (SSSR count). The molecule has 0 radical (unpaired) electrons. The van der Waals surface area contributed by atoms with Gasteiger partial charge in [-0.05, 0) is 48.5 Å². The van der Waals surface area contributed by atoms with Crippen LogP contribution in [0.3, 0.4) is 0 Å². The van der Waals surface area contributed by atoms with E-state index in [9.17, 15) is 23.2 Å². The Morgan fingerprint density at radius 1 is 0.971 bits per heavy atom. The first kappa shape index (κ1) is 21.2. The smallest absolute Gasteiger partial charge is 0.332 e. The van der Waals surface area contributed by atoms with Gasteiger partial charge in [-0.3, -0.25) is 18.7 Å². The number of nitrogens with one attached hydrogen (secondary N) is 2. The van der Waals surface area contributed by atoms with Crippen LogP contribution in [0.5, 0.6) is 0 Å². The molecule has 0 aliphatic rings. The summed E-state index contributed by atoms with van der Waals surface area (Å²) < 4.78 is 29.8. The molecule has 1 amide bonds. The summed E-state index contributed by atoms with van der Waals surface area (Å²) in [5.74, 6) is -1.64. The number of imidazole rings is 1. The van der Waals surface area contributed by atoms with E-state index in [4.69, 9.17) is 0 Å². The second kappa shape index (κ2) is 7.73. The van der Waals surface area contributed by atoms with E-state index >= 15 is 0 Å². The molecular formula is C23H16F2N6O3. The minimum Gasteiger partial charge on any atom is -0.338 e. The van der Waals surface area contributed by atoms with Crippen molar-refractivity contribution in [2.45, 2.75) is 0 Å². The molecule has 2 aromatic carbocycles. The Bertz CT molecular complexity index is 1750. The van der Waals surface area contributed by atoms with Crippen LogP contribution in [0.4, 0.5) is 14.5 Å². The second-order valence-electron chi connectivity index (χ2n) is 7.67. The molecule has 0 unspecified atom stereocenters. The topological polar surface area (TPSA) is 115 Å². The van der Waals surface area contributed by atoms with Crippen molar-refractivity contribution >= 4 is 33.7 Å². The van der Waals surface area contributed by atoms with Crippen LogP contribution in [-0.2, 0) is 14.1 Å². The van der Waals surface area contributed by atoms with E-state index < -0.39 is 28.8 Å². The molecule has 0 bridgehead atoms. The van der Waals surface area contributed by atoms with E-state index in [1.165, 1.54) is 30.8 Å². The van der Waals surface area contributed by atoms with Crippen molar-refractivity contribution in [2.75, 3.05) is 5.32 Å². The van der Waals surface area contributed by atoms with E-state index in [-0.39, 0.29) is 28.1 Å². The quantitative estimate of drug-likeness (QED) is 0.428. The van der Waals surface area contributed by atoms with Gasteiger partial charge in [0.1, 0.15) is 28.8 Å². The molecule has 0 atom stereocenters. The number of benzene rings is 2. The molecule has 11 heteroatoms. The van der Waals surface area contributed by atoms with Crippen LogP contribution < -0.4 is 16.6 Å². The predicted molar refractivity (Wildman–Crippen MR) is 122 cm³/mol. The molecule has 0 fully saturated rings. The highest BCUT2D eigenvalue weighted by Crippen LogP contribution is 2.25. The molecular weight excluding hydrogens is 446 g/mol. The van der Waals surface area contributed by atoms with Crippen molar-refractivity contribution in [3.05, 3.63) is 86.7 Å². The Morgan fingerprint density at radius 3 is 2.56 bits per heavy atom. The maximum Gasteiger partial charge on any atom is 0.332 e. The number of aromatic nitrogens is 5.